The summed E-state index contributed by atoms with van der Waals surface area (Å²) >= 11 is 0. The van der Waals surface area contributed by atoms with E-state index >= 15 is 0 Å². The second kappa shape index (κ2) is 9.25. The van der Waals surface area contributed by atoms with Gasteiger partial charge in [-0.25, -0.2) is 8.78 Å². The Morgan fingerprint density at radius 2 is 1.89 bits per heavy atom. The van der Waals surface area contributed by atoms with Gasteiger partial charge in [-0.05, 0) is 36.5 Å². The predicted molar refractivity (Wildman–Crippen MR) is 97.0 cm³/mol. The normalized spacial score (nSPS) is 12.1. The molecular formula is C19H24F2N4O2. The Hall–Kier alpha value is -2.77. The maximum atomic E-state index is 13.8. The highest BCUT2D eigenvalue weighted by Crippen LogP contribution is 2.13. The van der Waals surface area contributed by atoms with E-state index < -0.39 is 29.1 Å². The fourth-order valence-corrected chi connectivity index (χ4v) is 2.68. The zero-order valence-corrected chi connectivity index (χ0v) is 15.6. The van der Waals surface area contributed by atoms with Crippen LogP contribution in [0.5, 0.6) is 0 Å². The molecule has 1 unspecified atom stereocenters. The lowest BCUT2D eigenvalue weighted by Crippen LogP contribution is -2.50. The third-order valence-corrected chi connectivity index (χ3v) is 4.13. The number of nitrogens with zero attached hydrogens (tertiary/aromatic N) is 2. The third kappa shape index (κ3) is 5.60. The van der Waals surface area contributed by atoms with Crippen molar-refractivity contribution in [2.75, 3.05) is 6.54 Å². The smallest absolute Gasteiger partial charge is 0.257 e. The summed E-state index contributed by atoms with van der Waals surface area (Å²) in [6.07, 6.45) is 5.13. The highest BCUT2D eigenvalue weighted by Gasteiger charge is 2.27. The molecule has 8 heteroatoms. The first-order chi connectivity index (χ1) is 12.8. The standard InChI is InChI=1S/C19H24F2N4O2/c1-12(2)17(24-18(26)16-14(20)7-4-8-15(16)21)19(27)22-9-5-6-13-10-23-25(3)11-13/h4,7-8,10-12,17H,5-6,9H2,1-3H3,(H,22,27)(H,24,26). The van der Waals surface area contributed by atoms with Crippen LogP contribution >= 0.6 is 0 Å². The summed E-state index contributed by atoms with van der Waals surface area (Å²) in [5.74, 6) is -3.52. The summed E-state index contributed by atoms with van der Waals surface area (Å²) in [5, 5.41) is 9.27. The molecule has 2 rings (SSSR count). The largest absolute Gasteiger partial charge is 0.354 e. The molecule has 27 heavy (non-hydrogen) atoms. The number of benzene rings is 1. The number of halogens is 2. The van der Waals surface area contributed by atoms with Gasteiger partial charge in [0, 0.05) is 19.8 Å². The minimum Gasteiger partial charge on any atom is -0.354 e. The average molecular weight is 378 g/mol. The molecule has 0 aliphatic carbocycles. The fraction of sp³-hybridized carbons (Fsp3) is 0.421. The summed E-state index contributed by atoms with van der Waals surface area (Å²) in [7, 11) is 1.83. The molecule has 146 valence electrons. The van der Waals surface area contributed by atoms with Crippen LogP contribution in [0.1, 0.15) is 36.2 Å². The van der Waals surface area contributed by atoms with Gasteiger partial charge in [0.05, 0.1) is 6.20 Å². The van der Waals surface area contributed by atoms with Gasteiger partial charge in [-0.15, -0.1) is 0 Å². The number of carbonyl (C=O) groups is 2. The Bertz CT molecular complexity index is 785. The third-order valence-electron chi connectivity index (χ3n) is 4.13. The minimum absolute atomic E-state index is 0.248. The molecule has 1 aromatic carbocycles. The van der Waals surface area contributed by atoms with Crippen LogP contribution in [-0.2, 0) is 18.3 Å². The summed E-state index contributed by atoms with van der Waals surface area (Å²) in [5.41, 5.74) is 0.378. The molecule has 6 nitrogen and oxygen atoms in total. The Morgan fingerprint density at radius 1 is 1.22 bits per heavy atom. The van der Waals surface area contributed by atoms with Gasteiger partial charge < -0.3 is 10.6 Å². The van der Waals surface area contributed by atoms with E-state index in [1.54, 1.807) is 24.7 Å². The van der Waals surface area contributed by atoms with Gasteiger partial charge in [0.2, 0.25) is 5.91 Å². The lowest BCUT2D eigenvalue weighted by atomic mass is 10.0. The molecule has 0 fully saturated rings. The van der Waals surface area contributed by atoms with E-state index in [4.69, 9.17) is 0 Å². The van der Waals surface area contributed by atoms with Gasteiger partial charge in [0.1, 0.15) is 23.2 Å². The van der Waals surface area contributed by atoms with Crippen molar-refractivity contribution in [1.82, 2.24) is 20.4 Å². The zero-order chi connectivity index (χ0) is 20.0. The van der Waals surface area contributed by atoms with Gasteiger partial charge in [0.25, 0.3) is 5.91 Å². The van der Waals surface area contributed by atoms with E-state index in [1.807, 2.05) is 13.2 Å². The van der Waals surface area contributed by atoms with Crippen molar-refractivity contribution < 1.29 is 18.4 Å². The molecular weight excluding hydrogens is 354 g/mol. The van der Waals surface area contributed by atoms with Gasteiger partial charge >= 0.3 is 0 Å². The van der Waals surface area contributed by atoms with Crippen molar-refractivity contribution >= 4 is 11.8 Å². The molecule has 2 N–H and O–H groups in total. The molecule has 0 aliphatic rings. The fourth-order valence-electron chi connectivity index (χ4n) is 2.68. The summed E-state index contributed by atoms with van der Waals surface area (Å²) in [4.78, 5) is 24.6. The molecule has 0 spiro atoms. The quantitative estimate of drug-likeness (QED) is 0.692. The molecule has 0 saturated heterocycles. The maximum absolute atomic E-state index is 13.8. The molecule has 1 atom stereocenters. The van der Waals surface area contributed by atoms with Gasteiger partial charge in [-0.2, -0.15) is 5.10 Å². The SMILES string of the molecule is CC(C)C(NC(=O)c1c(F)cccc1F)C(=O)NCCCc1cnn(C)c1. The van der Waals surface area contributed by atoms with Crippen molar-refractivity contribution in [2.45, 2.75) is 32.7 Å². The van der Waals surface area contributed by atoms with E-state index in [1.165, 1.54) is 6.07 Å². The Labute approximate surface area is 156 Å². The molecule has 0 radical (unpaired) electrons. The van der Waals surface area contributed by atoms with E-state index in [-0.39, 0.29) is 11.8 Å². The summed E-state index contributed by atoms with van der Waals surface area (Å²) in [6.45, 7) is 3.91. The minimum atomic E-state index is -0.966. The van der Waals surface area contributed by atoms with Gasteiger partial charge in [-0.3, -0.25) is 14.3 Å². The van der Waals surface area contributed by atoms with Crippen LogP contribution < -0.4 is 10.6 Å². The molecule has 2 aromatic rings. The maximum Gasteiger partial charge on any atom is 0.257 e. The lowest BCUT2D eigenvalue weighted by Gasteiger charge is -2.22. The Morgan fingerprint density at radius 3 is 2.44 bits per heavy atom. The number of aryl methyl sites for hydroxylation is 2. The molecule has 2 amide bonds. The zero-order valence-electron chi connectivity index (χ0n) is 15.6. The van der Waals surface area contributed by atoms with Crippen molar-refractivity contribution in [3.05, 3.63) is 53.4 Å². The van der Waals surface area contributed by atoms with Crippen LogP contribution in [-0.4, -0.2) is 34.2 Å². The number of amides is 2. The first-order valence-corrected chi connectivity index (χ1v) is 8.79. The molecule has 1 aromatic heterocycles. The van der Waals surface area contributed by atoms with Crippen LogP contribution in [0.3, 0.4) is 0 Å². The number of hydrogen-bond acceptors (Lipinski definition) is 3. The number of nitrogens with one attached hydrogen (secondary N) is 2. The van der Waals surface area contributed by atoms with Crippen molar-refractivity contribution in [1.29, 1.82) is 0 Å². The molecule has 0 saturated carbocycles. The molecule has 0 aliphatic heterocycles. The van der Waals surface area contributed by atoms with E-state index in [0.29, 0.717) is 13.0 Å². The number of hydrogen-bond donors (Lipinski definition) is 2. The second-order valence-electron chi connectivity index (χ2n) is 6.71. The number of rotatable bonds is 8. The Kier molecular flexibility index (Phi) is 7.04. The van der Waals surface area contributed by atoms with Gasteiger partial charge in [-0.1, -0.05) is 19.9 Å². The summed E-state index contributed by atoms with van der Waals surface area (Å²) in [6, 6.07) is 2.29. The van der Waals surface area contributed by atoms with Crippen molar-refractivity contribution in [2.24, 2.45) is 13.0 Å². The molecule has 0 bridgehead atoms. The van der Waals surface area contributed by atoms with E-state index in [2.05, 4.69) is 15.7 Å². The van der Waals surface area contributed by atoms with Crippen LogP contribution in [0.25, 0.3) is 0 Å². The Balaban J connectivity index is 1.91. The van der Waals surface area contributed by atoms with Crippen LogP contribution in [0, 0.1) is 17.6 Å². The first kappa shape index (κ1) is 20.5. The highest BCUT2D eigenvalue weighted by molar-refractivity contribution is 5.98. The van der Waals surface area contributed by atoms with Crippen LogP contribution in [0.2, 0.25) is 0 Å². The highest BCUT2D eigenvalue weighted by atomic mass is 19.1. The molecule has 1 heterocycles. The van der Waals surface area contributed by atoms with Gasteiger partial charge in [0.15, 0.2) is 0 Å². The average Bonchev–Trinajstić information content (AvgIpc) is 3.01. The number of aromatic nitrogens is 2. The van der Waals surface area contributed by atoms with Crippen LogP contribution in [0.15, 0.2) is 30.6 Å². The topological polar surface area (TPSA) is 76.0 Å². The monoisotopic (exact) mass is 378 g/mol. The predicted octanol–water partition coefficient (Wildman–Crippen LogP) is 2.20. The van der Waals surface area contributed by atoms with E-state index in [0.717, 1.165) is 24.1 Å². The number of carbonyl (C=O) groups excluding carboxylic acids is 2. The van der Waals surface area contributed by atoms with Crippen molar-refractivity contribution in [3.8, 4) is 0 Å². The van der Waals surface area contributed by atoms with Crippen molar-refractivity contribution in [3.63, 3.8) is 0 Å². The first-order valence-electron chi connectivity index (χ1n) is 8.79. The summed E-state index contributed by atoms with van der Waals surface area (Å²) < 4.78 is 29.2. The van der Waals surface area contributed by atoms with Crippen LogP contribution in [0.4, 0.5) is 8.78 Å². The van der Waals surface area contributed by atoms with E-state index in [9.17, 15) is 18.4 Å². The lowest BCUT2D eigenvalue weighted by molar-refractivity contribution is -0.123. The second-order valence-corrected chi connectivity index (χ2v) is 6.71.